The lowest BCUT2D eigenvalue weighted by Crippen LogP contribution is -2.03. The minimum atomic E-state index is -0.668. The summed E-state index contributed by atoms with van der Waals surface area (Å²) >= 11 is 0. The molecular formula is C15H14O3. The van der Waals surface area contributed by atoms with Gasteiger partial charge in [-0.15, -0.1) is 0 Å². The van der Waals surface area contributed by atoms with Crippen LogP contribution < -0.4 is 0 Å². The van der Waals surface area contributed by atoms with Gasteiger partial charge in [0.05, 0.1) is 7.11 Å². The van der Waals surface area contributed by atoms with Crippen molar-refractivity contribution in [2.45, 2.75) is 0 Å². The van der Waals surface area contributed by atoms with Crippen LogP contribution in [-0.2, 0) is 9.47 Å². The highest BCUT2D eigenvalue weighted by Crippen LogP contribution is 2.16. The number of methoxy groups -OCH3 is 1. The van der Waals surface area contributed by atoms with Crippen molar-refractivity contribution in [3.05, 3.63) is 54.1 Å². The van der Waals surface area contributed by atoms with Crippen LogP contribution in [0.3, 0.4) is 0 Å². The van der Waals surface area contributed by atoms with E-state index in [0.717, 1.165) is 5.56 Å². The topological polar surface area (TPSA) is 35.5 Å². The smallest absolute Gasteiger partial charge is 0.438 e. The number of ether oxygens (including phenoxy) is 2. The van der Waals surface area contributed by atoms with Gasteiger partial charge in [-0.2, -0.15) is 0 Å². The van der Waals surface area contributed by atoms with E-state index >= 15 is 0 Å². The van der Waals surface area contributed by atoms with Crippen LogP contribution in [0.4, 0.5) is 4.79 Å². The van der Waals surface area contributed by atoms with E-state index in [0.29, 0.717) is 0 Å². The van der Waals surface area contributed by atoms with Crippen molar-refractivity contribution in [2.24, 2.45) is 0 Å². The molecule has 0 aliphatic rings. The molecule has 2 rings (SSSR count). The molecule has 0 aliphatic carbocycles. The summed E-state index contributed by atoms with van der Waals surface area (Å²) in [6.07, 6.45) is 3.02. The molecule has 0 bridgehead atoms. The summed E-state index contributed by atoms with van der Waals surface area (Å²) in [6.45, 7) is 0.208. The molecule has 18 heavy (non-hydrogen) atoms. The van der Waals surface area contributed by atoms with E-state index in [-0.39, 0.29) is 6.61 Å². The highest BCUT2D eigenvalue weighted by molar-refractivity contribution is 5.84. The Hall–Kier alpha value is -2.29. The zero-order chi connectivity index (χ0) is 12.8. The molecule has 2 aromatic carbocycles. The first kappa shape index (κ1) is 12.2. The lowest BCUT2D eigenvalue weighted by Gasteiger charge is -2.00. The van der Waals surface area contributed by atoms with Gasteiger partial charge in [-0.3, -0.25) is 0 Å². The molecule has 0 fully saturated rings. The van der Waals surface area contributed by atoms with Gasteiger partial charge in [0.2, 0.25) is 0 Å². The molecule has 0 spiro atoms. The highest BCUT2D eigenvalue weighted by Gasteiger charge is 1.96. The van der Waals surface area contributed by atoms with Gasteiger partial charge in [0, 0.05) is 0 Å². The van der Waals surface area contributed by atoms with Crippen LogP contribution in [0.1, 0.15) is 5.56 Å². The van der Waals surface area contributed by atoms with Gasteiger partial charge in [0.25, 0.3) is 0 Å². The van der Waals surface area contributed by atoms with Gasteiger partial charge in [0.1, 0.15) is 6.61 Å². The Morgan fingerprint density at radius 2 is 1.94 bits per heavy atom. The molecule has 0 aliphatic heterocycles. The van der Waals surface area contributed by atoms with Crippen LogP contribution in [0.25, 0.3) is 16.8 Å². The summed E-state index contributed by atoms with van der Waals surface area (Å²) in [7, 11) is 1.29. The van der Waals surface area contributed by atoms with E-state index in [4.69, 9.17) is 4.74 Å². The monoisotopic (exact) mass is 242 g/mol. The Balaban J connectivity index is 2.03. The standard InChI is InChI=1S/C15H14O3/c1-17-15(16)18-10-4-5-12-8-9-13-6-2-3-7-14(13)11-12/h2-9,11H,10H2,1H3. The second-order valence-corrected chi connectivity index (χ2v) is 3.77. The van der Waals surface area contributed by atoms with Crippen LogP contribution in [-0.4, -0.2) is 19.9 Å². The third kappa shape index (κ3) is 3.10. The van der Waals surface area contributed by atoms with Crippen molar-refractivity contribution in [1.82, 2.24) is 0 Å². The first-order valence-electron chi connectivity index (χ1n) is 5.65. The molecule has 0 atom stereocenters. The molecule has 0 amide bonds. The maximum absolute atomic E-state index is 10.7. The third-order valence-corrected chi connectivity index (χ3v) is 2.55. The van der Waals surface area contributed by atoms with Crippen molar-refractivity contribution in [2.75, 3.05) is 13.7 Å². The lowest BCUT2D eigenvalue weighted by molar-refractivity contribution is 0.0819. The van der Waals surface area contributed by atoms with Gasteiger partial charge in [0.15, 0.2) is 0 Å². The van der Waals surface area contributed by atoms with Crippen LogP contribution in [0.2, 0.25) is 0 Å². The van der Waals surface area contributed by atoms with Crippen molar-refractivity contribution < 1.29 is 14.3 Å². The molecule has 0 radical (unpaired) electrons. The van der Waals surface area contributed by atoms with E-state index < -0.39 is 6.16 Å². The van der Waals surface area contributed by atoms with E-state index in [1.54, 1.807) is 6.08 Å². The second kappa shape index (κ2) is 5.87. The van der Waals surface area contributed by atoms with Gasteiger partial charge >= 0.3 is 6.16 Å². The first-order chi connectivity index (χ1) is 8.79. The molecule has 92 valence electrons. The van der Waals surface area contributed by atoms with Crippen LogP contribution in [0.15, 0.2) is 48.5 Å². The summed E-state index contributed by atoms with van der Waals surface area (Å²) < 4.78 is 9.12. The summed E-state index contributed by atoms with van der Waals surface area (Å²) in [4.78, 5) is 10.7. The molecule has 0 saturated carbocycles. The highest BCUT2D eigenvalue weighted by atomic mass is 16.7. The maximum Gasteiger partial charge on any atom is 0.508 e. The molecule has 0 aromatic heterocycles. The third-order valence-electron chi connectivity index (χ3n) is 2.55. The summed E-state index contributed by atoms with van der Waals surface area (Å²) in [5.74, 6) is 0. The second-order valence-electron chi connectivity index (χ2n) is 3.77. The average Bonchev–Trinajstić information content (AvgIpc) is 2.43. The SMILES string of the molecule is COC(=O)OCC=Cc1ccc2ccccc2c1. The molecule has 0 unspecified atom stereocenters. The van der Waals surface area contributed by atoms with E-state index in [1.807, 2.05) is 24.3 Å². The Morgan fingerprint density at radius 3 is 2.72 bits per heavy atom. The van der Waals surface area contributed by atoms with Gasteiger partial charge in [-0.25, -0.2) is 4.79 Å². The Kier molecular flexibility index (Phi) is 3.97. The van der Waals surface area contributed by atoms with Crippen molar-refractivity contribution in [1.29, 1.82) is 0 Å². The van der Waals surface area contributed by atoms with Crippen molar-refractivity contribution >= 4 is 23.0 Å². The number of hydrogen-bond donors (Lipinski definition) is 0. The molecule has 3 heteroatoms. The van der Waals surface area contributed by atoms with Gasteiger partial charge < -0.3 is 9.47 Å². The van der Waals surface area contributed by atoms with Gasteiger partial charge in [-0.1, -0.05) is 42.5 Å². The van der Waals surface area contributed by atoms with E-state index in [2.05, 4.69) is 29.0 Å². The minimum absolute atomic E-state index is 0.208. The van der Waals surface area contributed by atoms with E-state index in [9.17, 15) is 4.79 Å². The number of carbonyl (C=O) groups is 1. The van der Waals surface area contributed by atoms with E-state index in [1.165, 1.54) is 17.9 Å². The molecule has 3 nitrogen and oxygen atoms in total. The number of hydrogen-bond acceptors (Lipinski definition) is 3. The lowest BCUT2D eigenvalue weighted by atomic mass is 10.1. The molecular weight excluding hydrogens is 228 g/mol. The fourth-order valence-electron chi connectivity index (χ4n) is 1.67. The number of fused-ring (bicyclic) bond motifs is 1. The molecule has 2 aromatic rings. The first-order valence-corrected chi connectivity index (χ1v) is 5.65. The van der Waals surface area contributed by atoms with Crippen LogP contribution >= 0.6 is 0 Å². The van der Waals surface area contributed by atoms with Crippen LogP contribution in [0.5, 0.6) is 0 Å². The average molecular weight is 242 g/mol. The summed E-state index contributed by atoms with van der Waals surface area (Å²) in [5.41, 5.74) is 1.07. The fraction of sp³-hybridized carbons (Fsp3) is 0.133. The minimum Gasteiger partial charge on any atom is -0.438 e. The Bertz CT molecular complexity index is 573. The maximum atomic E-state index is 10.7. The zero-order valence-corrected chi connectivity index (χ0v) is 10.1. The zero-order valence-electron chi connectivity index (χ0n) is 10.1. The number of rotatable bonds is 3. The number of benzene rings is 2. The van der Waals surface area contributed by atoms with Crippen molar-refractivity contribution in [3.63, 3.8) is 0 Å². The molecule has 0 N–H and O–H groups in total. The van der Waals surface area contributed by atoms with Crippen LogP contribution in [0, 0.1) is 0 Å². The normalized spacial score (nSPS) is 10.7. The predicted octanol–water partition coefficient (Wildman–Crippen LogP) is 3.64. The molecule has 0 saturated heterocycles. The Labute approximate surface area is 106 Å². The Morgan fingerprint density at radius 1 is 1.17 bits per heavy atom. The summed E-state index contributed by atoms with van der Waals surface area (Å²) in [6, 6.07) is 14.3. The van der Waals surface area contributed by atoms with Crippen molar-refractivity contribution in [3.8, 4) is 0 Å². The van der Waals surface area contributed by atoms with Gasteiger partial charge in [-0.05, 0) is 28.5 Å². The largest absolute Gasteiger partial charge is 0.508 e. The number of carbonyl (C=O) groups excluding carboxylic acids is 1. The quantitative estimate of drug-likeness (QED) is 0.771. The fourth-order valence-corrected chi connectivity index (χ4v) is 1.67. The predicted molar refractivity (Wildman–Crippen MR) is 71.3 cm³/mol. The summed E-state index contributed by atoms with van der Waals surface area (Å²) in [5, 5.41) is 2.40. The molecule has 0 heterocycles.